The summed E-state index contributed by atoms with van der Waals surface area (Å²) in [6.07, 6.45) is 0.878. The SMILES string of the molecule is CCCn1c(O)c(C2=NC(=S)NC2=O)c2ccccc21. The highest BCUT2D eigenvalue weighted by Crippen LogP contribution is 2.32. The molecular formula is C14H13N3O2S. The summed E-state index contributed by atoms with van der Waals surface area (Å²) in [7, 11) is 0. The Morgan fingerprint density at radius 3 is 2.80 bits per heavy atom. The third-order valence-corrected chi connectivity index (χ3v) is 3.47. The summed E-state index contributed by atoms with van der Waals surface area (Å²) in [5.41, 5.74) is 1.51. The van der Waals surface area contributed by atoms with E-state index in [1.165, 1.54) is 0 Å². The molecule has 102 valence electrons. The molecule has 3 rings (SSSR count). The zero-order chi connectivity index (χ0) is 14.3. The predicted octanol–water partition coefficient (Wildman–Crippen LogP) is 1.96. The molecule has 0 radical (unpaired) electrons. The van der Waals surface area contributed by atoms with Crippen molar-refractivity contribution >= 4 is 39.9 Å². The van der Waals surface area contributed by atoms with Crippen LogP contribution in [0, 0.1) is 0 Å². The average Bonchev–Trinajstić information content (AvgIpc) is 2.88. The predicted molar refractivity (Wildman–Crippen MR) is 81.2 cm³/mol. The van der Waals surface area contributed by atoms with Gasteiger partial charge in [0.05, 0.1) is 11.1 Å². The normalized spacial score (nSPS) is 14.8. The largest absolute Gasteiger partial charge is 0.494 e. The molecule has 1 aromatic heterocycles. The molecule has 1 aliphatic heterocycles. The van der Waals surface area contributed by atoms with Crippen LogP contribution in [0.2, 0.25) is 0 Å². The Morgan fingerprint density at radius 2 is 2.15 bits per heavy atom. The van der Waals surface area contributed by atoms with Gasteiger partial charge in [0.1, 0.15) is 5.71 Å². The van der Waals surface area contributed by atoms with Crippen LogP contribution in [0.4, 0.5) is 0 Å². The number of hydrogen-bond donors (Lipinski definition) is 2. The first kappa shape index (κ1) is 12.8. The summed E-state index contributed by atoms with van der Waals surface area (Å²) >= 11 is 4.89. The van der Waals surface area contributed by atoms with Crippen molar-refractivity contribution in [3.05, 3.63) is 29.8 Å². The Morgan fingerprint density at radius 1 is 1.40 bits per heavy atom. The number of aryl methyl sites for hydroxylation is 1. The van der Waals surface area contributed by atoms with Gasteiger partial charge in [0.25, 0.3) is 5.91 Å². The van der Waals surface area contributed by atoms with Crippen molar-refractivity contribution in [2.24, 2.45) is 4.99 Å². The lowest BCUT2D eigenvalue weighted by Gasteiger charge is -2.04. The maximum Gasteiger partial charge on any atom is 0.277 e. The van der Waals surface area contributed by atoms with Gasteiger partial charge in [0.15, 0.2) is 0 Å². The number of fused-ring (bicyclic) bond motifs is 1. The van der Waals surface area contributed by atoms with Crippen LogP contribution in [-0.2, 0) is 11.3 Å². The first-order valence-corrected chi connectivity index (χ1v) is 6.79. The van der Waals surface area contributed by atoms with E-state index >= 15 is 0 Å². The lowest BCUT2D eigenvalue weighted by molar-refractivity contribution is -0.113. The molecule has 2 N–H and O–H groups in total. The topological polar surface area (TPSA) is 66.6 Å². The maximum absolute atomic E-state index is 11.9. The van der Waals surface area contributed by atoms with Gasteiger partial charge >= 0.3 is 0 Å². The molecule has 0 fully saturated rings. The number of para-hydroxylation sites is 1. The van der Waals surface area contributed by atoms with Crippen molar-refractivity contribution < 1.29 is 9.90 Å². The van der Waals surface area contributed by atoms with Gasteiger partial charge < -0.3 is 9.67 Å². The molecule has 0 saturated carbocycles. The van der Waals surface area contributed by atoms with Crippen molar-refractivity contribution in [1.29, 1.82) is 0 Å². The molecule has 2 aromatic rings. The summed E-state index contributed by atoms with van der Waals surface area (Å²) < 4.78 is 1.79. The average molecular weight is 287 g/mol. The van der Waals surface area contributed by atoms with Crippen molar-refractivity contribution in [2.45, 2.75) is 19.9 Å². The highest BCUT2D eigenvalue weighted by Gasteiger charge is 2.29. The van der Waals surface area contributed by atoms with Gasteiger partial charge in [-0.1, -0.05) is 25.1 Å². The molecule has 0 atom stereocenters. The second-order valence-electron chi connectivity index (χ2n) is 4.59. The quantitative estimate of drug-likeness (QED) is 0.848. The summed E-state index contributed by atoms with van der Waals surface area (Å²) in [6.45, 7) is 2.70. The van der Waals surface area contributed by atoms with Gasteiger partial charge in [-0.3, -0.25) is 10.1 Å². The molecule has 0 bridgehead atoms. The van der Waals surface area contributed by atoms with Crippen LogP contribution in [0.5, 0.6) is 5.88 Å². The first-order chi connectivity index (χ1) is 9.63. The third-order valence-electron chi connectivity index (χ3n) is 3.28. The summed E-state index contributed by atoms with van der Waals surface area (Å²) in [4.78, 5) is 15.9. The fourth-order valence-corrected chi connectivity index (χ4v) is 2.66. The third kappa shape index (κ3) is 1.80. The standard InChI is InChI=1S/C14H13N3O2S/c1-2-7-17-9-6-4-3-5-8(9)10(13(17)19)11-12(18)16-14(20)15-11/h3-6,19H,2,7H2,1H3,(H,16,18,20). The first-order valence-electron chi connectivity index (χ1n) is 6.38. The molecule has 0 aliphatic carbocycles. The number of carbonyl (C=O) groups excluding carboxylic acids is 1. The Bertz CT molecular complexity index is 761. The van der Waals surface area contributed by atoms with E-state index in [2.05, 4.69) is 10.3 Å². The number of amides is 1. The summed E-state index contributed by atoms with van der Waals surface area (Å²) in [5.74, 6) is -0.309. The molecule has 20 heavy (non-hydrogen) atoms. The Kier molecular flexibility index (Phi) is 3.02. The fraction of sp³-hybridized carbons (Fsp3) is 0.214. The lowest BCUT2D eigenvalue weighted by Crippen LogP contribution is -2.25. The van der Waals surface area contributed by atoms with Crippen LogP contribution in [-0.4, -0.2) is 26.4 Å². The number of thiocarbonyl (C=S) groups is 1. The van der Waals surface area contributed by atoms with Crippen LogP contribution in [0.15, 0.2) is 29.3 Å². The van der Waals surface area contributed by atoms with Crippen molar-refractivity contribution in [1.82, 2.24) is 9.88 Å². The van der Waals surface area contributed by atoms with Crippen molar-refractivity contribution in [2.75, 3.05) is 0 Å². The smallest absolute Gasteiger partial charge is 0.277 e. The van der Waals surface area contributed by atoms with E-state index < -0.39 is 0 Å². The Balaban J connectivity index is 2.31. The van der Waals surface area contributed by atoms with Crippen LogP contribution in [0.25, 0.3) is 10.9 Å². The minimum Gasteiger partial charge on any atom is -0.494 e. The summed E-state index contributed by atoms with van der Waals surface area (Å²) in [5, 5.41) is 13.9. The number of benzene rings is 1. The lowest BCUT2D eigenvalue weighted by atomic mass is 10.1. The molecule has 0 saturated heterocycles. The number of nitrogens with one attached hydrogen (secondary N) is 1. The number of carbonyl (C=O) groups is 1. The molecular weight excluding hydrogens is 274 g/mol. The number of rotatable bonds is 3. The summed E-state index contributed by atoms with van der Waals surface area (Å²) in [6, 6.07) is 7.56. The number of aromatic nitrogens is 1. The van der Waals surface area contributed by atoms with Gasteiger partial charge in [-0.05, 0) is 24.7 Å². The molecule has 5 nitrogen and oxygen atoms in total. The number of hydrogen-bond acceptors (Lipinski definition) is 3. The molecule has 0 spiro atoms. The molecule has 1 amide bonds. The van der Waals surface area contributed by atoms with Crippen molar-refractivity contribution in [3.63, 3.8) is 0 Å². The number of nitrogens with zero attached hydrogens (tertiary/aromatic N) is 2. The number of aromatic hydroxyl groups is 1. The minimum atomic E-state index is -0.371. The van der Waals surface area contributed by atoms with E-state index in [0.29, 0.717) is 12.1 Å². The second kappa shape index (κ2) is 4.72. The minimum absolute atomic E-state index is 0.0617. The highest BCUT2D eigenvalue weighted by molar-refractivity contribution is 7.80. The molecule has 1 aromatic carbocycles. The van der Waals surface area contributed by atoms with Gasteiger partial charge in [-0.25, -0.2) is 4.99 Å². The maximum atomic E-state index is 11.9. The van der Waals surface area contributed by atoms with Crippen LogP contribution in [0.1, 0.15) is 18.9 Å². The molecule has 6 heteroatoms. The van der Waals surface area contributed by atoms with E-state index in [9.17, 15) is 9.90 Å². The Hall–Kier alpha value is -2.21. The Labute approximate surface area is 120 Å². The molecule has 0 unspecified atom stereocenters. The molecule has 2 heterocycles. The fourth-order valence-electron chi connectivity index (χ4n) is 2.48. The highest BCUT2D eigenvalue weighted by atomic mass is 32.1. The second-order valence-corrected chi connectivity index (χ2v) is 4.97. The molecule has 1 aliphatic rings. The van der Waals surface area contributed by atoms with Gasteiger partial charge in [-0.2, -0.15) is 0 Å². The van der Waals surface area contributed by atoms with Crippen molar-refractivity contribution in [3.8, 4) is 5.88 Å². The van der Waals surface area contributed by atoms with Gasteiger partial charge in [0, 0.05) is 11.9 Å². The van der Waals surface area contributed by atoms with Crippen LogP contribution >= 0.6 is 12.2 Å². The van der Waals surface area contributed by atoms with E-state index in [0.717, 1.165) is 17.3 Å². The van der Waals surface area contributed by atoms with E-state index in [-0.39, 0.29) is 22.6 Å². The van der Waals surface area contributed by atoms with Gasteiger partial charge in [0.2, 0.25) is 11.0 Å². The van der Waals surface area contributed by atoms with Gasteiger partial charge in [-0.15, -0.1) is 0 Å². The number of aliphatic imine (C=N–C) groups is 1. The van der Waals surface area contributed by atoms with Crippen LogP contribution < -0.4 is 5.32 Å². The van der Waals surface area contributed by atoms with Crippen LogP contribution in [0.3, 0.4) is 0 Å². The van der Waals surface area contributed by atoms with E-state index in [1.54, 1.807) is 4.57 Å². The zero-order valence-corrected chi connectivity index (χ0v) is 11.7. The van der Waals surface area contributed by atoms with E-state index in [4.69, 9.17) is 12.2 Å². The zero-order valence-electron chi connectivity index (χ0n) is 10.9. The van der Waals surface area contributed by atoms with E-state index in [1.807, 2.05) is 31.2 Å². The monoisotopic (exact) mass is 287 g/mol.